The number of aromatic nitrogens is 2. The molecule has 0 saturated heterocycles. The van der Waals surface area contributed by atoms with E-state index in [2.05, 4.69) is 9.88 Å². The highest BCUT2D eigenvalue weighted by atomic mass is 35.5. The van der Waals surface area contributed by atoms with Gasteiger partial charge in [0.15, 0.2) is 11.5 Å². The van der Waals surface area contributed by atoms with Crippen LogP contribution in [0.15, 0.2) is 16.9 Å². The molecule has 1 aliphatic heterocycles. The van der Waals surface area contributed by atoms with E-state index < -0.39 is 0 Å². The lowest BCUT2D eigenvalue weighted by atomic mass is 9.95. The van der Waals surface area contributed by atoms with Crippen LogP contribution < -0.4 is 15.0 Å². The van der Waals surface area contributed by atoms with E-state index in [1.165, 1.54) is 0 Å². The Labute approximate surface area is 164 Å². The minimum Gasteiger partial charge on any atom is -0.493 e. The highest BCUT2D eigenvalue weighted by Gasteiger charge is 2.25. The number of aromatic amines is 1. The molecule has 0 fully saturated rings. The first-order valence-electron chi connectivity index (χ1n) is 8.99. The molecule has 146 valence electrons. The van der Waals surface area contributed by atoms with E-state index in [0.29, 0.717) is 36.0 Å². The van der Waals surface area contributed by atoms with Crippen molar-refractivity contribution in [3.63, 3.8) is 0 Å². The Morgan fingerprint density at radius 2 is 2.00 bits per heavy atom. The maximum absolute atomic E-state index is 12.4. The first-order chi connectivity index (χ1) is 12.7. The summed E-state index contributed by atoms with van der Waals surface area (Å²) in [6.45, 7) is 8.17. The number of fused-ring (bicyclic) bond motifs is 1. The van der Waals surface area contributed by atoms with E-state index in [1.807, 2.05) is 32.9 Å². The van der Waals surface area contributed by atoms with Crippen molar-refractivity contribution < 1.29 is 9.47 Å². The predicted molar refractivity (Wildman–Crippen MR) is 106 cm³/mol. The van der Waals surface area contributed by atoms with Crippen molar-refractivity contribution in [3.05, 3.63) is 50.2 Å². The van der Waals surface area contributed by atoms with Gasteiger partial charge in [-0.1, -0.05) is 38.4 Å². The number of nitrogens with one attached hydrogen (secondary N) is 1. The van der Waals surface area contributed by atoms with Crippen LogP contribution in [0.5, 0.6) is 11.5 Å². The summed E-state index contributed by atoms with van der Waals surface area (Å²) in [4.78, 5) is 22.4. The Kier molecular flexibility index (Phi) is 5.49. The second-order valence-corrected chi connectivity index (χ2v) is 8.20. The molecule has 0 amide bonds. The Bertz CT molecular complexity index is 903. The smallest absolute Gasteiger partial charge is 0.254 e. The van der Waals surface area contributed by atoms with Crippen molar-refractivity contribution in [1.82, 2.24) is 14.9 Å². The molecular weight excluding hydrogens is 366 g/mol. The monoisotopic (exact) mass is 391 g/mol. The summed E-state index contributed by atoms with van der Waals surface area (Å²) in [5.74, 6) is 1.87. The van der Waals surface area contributed by atoms with Crippen molar-refractivity contribution in [2.45, 2.75) is 45.7 Å². The van der Waals surface area contributed by atoms with Gasteiger partial charge in [-0.15, -0.1) is 0 Å². The lowest BCUT2D eigenvalue weighted by molar-refractivity contribution is 0.239. The highest BCUT2D eigenvalue weighted by Crippen LogP contribution is 2.38. The number of benzene rings is 1. The number of methoxy groups -OCH3 is 2. The van der Waals surface area contributed by atoms with E-state index in [4.69, 9.17) is 26.1 Å². The standard InChI is InChI=1S/C20H26ClN3O3/c1-20(2,3)19-22-14-11-24(9-8-13(14)18(25)23-19)10-12-6-7-15(26-4)17(27-5)16(12)21/h6-7H,8-11H2,1-5H3,(H,22,23,25). The number of nitrogens with zero attached hydrogens (tertiary/aromatic N) is 2. The van der Waals surface area contributed by atoms with Crippen molar-refractivity contribution in [3.8, 4) is 11.5 Å². The van der Waals surface area contributed by atoms with E-state index in [-0.39, 0.29) is 11.0 Å². The third kappa shape index (κ3) is 3.96. The fourth-order valence-electron chi connectivity index (χ4n) is 3.28. The summed E-state index contributed by atoms with van der Waals surface area (Å²) in [6.07, 6.45) is 0.674. The van der Waals surface area contributed by atoms with Gasteiger partial charge in [0.05, 0.1) is 24.9 Å². The van der Waals surface area contributed by atoms with Crippen LogP contribution in [-0.2, 0) is 24.9 Å². The number of hydrogen-bond acceptors (Lipinski definition) is 5. The minimum absolute atomic E-state index is 0.0197. The number of halogens is 1. The molecule has 1 aliphatic rings. The Hall–Kier alpha value is -2.05. The molecule has 0 spiro atoms. The molecule has 6 nitrogen and oxygen atoms in total. The van der Waals surface area contributed by atoms with Crippen molar-refractivity contribution in [2.75, 3.05) is 20.8 Å². The molecule has 0 unspecified atom stereocenters. The van der Waals surface area contributed by atoms with Crippen LogP contribution >= 0.6 is 11.6 Å². The number of H-pyrrole nitrogens is 1. The molecule has 0 radical (unpaired) electrons. The van der Waals surface area contributed by atoms with Gasteiger partial charge in [-0.3, -0.25) is 9.69 Å². The molecule has 2 heterocycles. The highest BCUT2D eigenvalue weighted by molar-refractivity contribution is 6.33. The van der Waals surface area contributed by atoms with Gasteiger partial charge in [-0.2, -0.15) is 0 Å². The van der Waals surface area contributed by atoms with Gasteiger partial charge in [0.1, 0.15) is 5.82 Å². The van der Waals surface area contributed by atoms with Crippen molar-refractivity contribution >= 4 is 11.6 Å². The summed E-state index contributed by atoms with van der Waals surface area (Å²) in [6, 6.07) is 3.81. The molecule has 2 aromatic rings. The molecule has 1 aromatic carbocycles. The molecule has 0 saturated carbocycles. The topological polar surface area (TPSA) is 67.5 Å². The number of ether oxygens (including phenoxy) is 2. The van der Waals surface area contributed by atoms with Crippen molar-refractivity contribution in [2.24, 2.45) is 0 Å². The number of hydrogen-bond donors (Lipinski definition) is 1. The lowest BCUT2D eigenvalue weighted by Crippen LogP contribution is -2.36. The van der Waals surface area contributed by atoms with Crippen LogP contribution in [0.3, 0.4) is 0 Å². The third-order valence-corrected chi connectivity index (χ3v) is 5.24. The zero-order chi connectivity index (χ0) is 19.8. The van der Waals surface area contributed by atoms with Gasteiger partial charge < -0.3 is 14.5 Å². The Morgan fingerprint density at radius 1 is 1.26 bits per heavy atom. The van der Waals surface area contributed by atoms with Crippen LogP contribution in [0.2, 0.25) is 5.02 Å². The van der Waals surface area contributed by atoms with Gasteiger partial charge >= 0.3 is 0 Å². The maximum atomic E-state index is 12.4. The van der Waals surface area contributed by atoms with Crippen molar-refractivity contribution in [1.29, 1.82) is 0 Å². The van der Waals surface area contributed by atoms with E-state index in [0.717, 1.165) is 29.2 Å². The second kappa shape index (κ2) is 7.52. The first kappa shape index (κ1) is 19.7. The number of rotatable bonds is 4. The molecule has 7 heteroatoms. The van der Waals surface area contributed by atoms with Crippen LogP contribution in [0.4, 0.5) is 0 Å². The molecule has 0 bridgehead atoms. The largest absolute Gasteiger partial charge is 0.493 e. The SMILES string of the molecule is COc1ccc(CN2CCc3c(nc(C(C)(C)C)[nH]c3=O)C2)c(Cl)c1OC. The van der Waals surface area contributed by atoms with Crippen LogP contribution in [-0.4, -0.2) is 35.6 Å². The quantitative estimate of drug-likeness (QED) is 0.866. The maximum Gasteiger partial charge on any atom is 0.254 e. The van der Waals surface area contributed by atoms with Gasteiger partial charge in [0.2, 0.25) is 0 Å². The summed E-state index contributed by atoms with van der Waals surface area (Å²) >= 11 is 6.52. The summed E-state index contributed by atoms with van der Waals surface area (Å²) < 4.78 is 10.7. The summed E-state index contributed by atoms with van der Waals surface area (Å²) in [7, 11) is 3.17. The Morgan fingerprint density at radius 3 is 2.63 bits per heavy atom. The third-order valence-electron chi connectivity index (χ3n) is 4.82. The molecule has 3 rings (SSSR count). The van der Waals surface area contributed by atoms with Gasteiger partial charge in [0, 0.05) is 30.6 Å². The van der Waals surface area contributed by atoms with E-state index >= 15 is 0 Å². The molecule has 1 N–H and O–H groups in total. The first-order valence-corrected chi connectivity index (χ1v) is 9.36. The second-order valence-electron chi connectivity index (χ2n) is 7.82. The van der Waals surface area contributed by atoms with E-state index in [1.54, 1.807) is 14.2 Å². The molecule has 1 aromatic heterocycles. The average Bonchev–Trinajstić information content (AvgIpc) is 2.62. The average molecular weight is 392 g/mol. The van der Waals surface area contributed by atoms with Crippen LogP contribution in [0, 0.1) is 0 Å². The molecule has 0 aliphatic carbocycles. The van der Waals surface area contributed by atoms with Gasteiger partial charge in [-0.05, 0) is 18.1 Å². The van der Waals surface area contributed by atoms with Gasteiger partial charge in [0.25, 0.3) is 5.56 Å². The fourth-order valence-corrected chi connectivity index (χ4v) is 3.57. The van der Waals surface area contributed by atoms with Gasteiger partial charge in [-0.25, -0.2) is 4.98 Å². The molecule has 0 atom stereocenters. The molecular formula is C20H26ClN3O3. The normalized spacial score (nSPS) is 14.7. The van der Waals surface area contributed by atoms with Crippen LogP contribution in [0.1, 0.15) is 43.4 Å². The zero-order valence-electron chi connectivity index (χ0n) is 16.5. The lowest BCUT2D eigenvalue weighted by Gasteiger charge is -2.29. The Balaban J connectivity index is 1.87. The zero-order valence-corrected chi connectivity index (χ0v) is 17.2. The summed E-state index contributed by atoms with van der Waals surface area (Å²) in [5, 5.41) is 0.553. The fraction of sp³-hybridized carbons (Fsp3) is 0.500. The summed E-state index contributed by atoms with van der Waals surface area (Å²) in [5.41, 5.74) is 2.37. The van der Waals surface area contributed by atoms with E-state index in [9.17, 15) is 4.79 Å². The van der Waals surface area contributed by atoms with Crippen LogP contribution in [0.25, 0.3) is 0 Å². The predicted octanol–water partition coefficient (Wildman–Crippen LogP) is 3.30. The molecule has 27 heavy (non-hydrogen) atoms. The minimum atomic E-state index is -0.205.